The summed E-state index contributed by atoms with van der Waals surface area (Å²) in [6.45, 7) is 8.58. The van der Waals surface area contributed by atoms with E-state index in [2.05, 4.69) is 38.3 Å². The summed E-state index contributed by atoms with van der Waals surface area (Å²) in [5.74, 6) is 1.32. The van der Waals surface area contributed by atoms with Crippen LogP contribution in [0.3, 0.4) is 0 Å². The Morgan fingerprint density at radius 3 is 2.35 bits per heavy atom. The van der Waals surface area contributed by atoms with E-state index < -0.39 is 5.72 Å². The first-order valence-corrected chi connectivity index (χ1v) is 9.04. The second-order valence-electron chi connectivity index (χ2n) is 8.83. The number of ether oxygens (including phenoxy) is 2. The molecule has 2 aliphatic rings. The average molecular weight is 354 g/mol. The smallest absolute Gasteiger partial charge is 0.258 e. The molecule has 1 saturated heterocycles. The standard InChI is InChI=1S/C21H26N2O3/c1-19(2)11-21(12-20(3,4)23-19)22-18(24)15-9-7-13-6-8-14(25-5)10-16(13)17(15)26-21/h6-10,23H,11-12H2,1-5H3,(H,22,24). The average Bonchev–Trinajstić information content (AvgIpc) is 2.50. The Labute approximate surface area is 154 Å². The predicted molar refractivity (Wildman–Crippen MR) is 102 cm³/mol. The van der Waals surface area contributed by atoms with Crippen LogP contribution in [0.4, 0.5) is 0 Å². The second-order valence-corrected chi connectivity index (χ2v) is 8.83. The molecule has 0 aliphatic carbocycles. The number of carbonyl (C=O) groups is 1. The lowest BCUT2D eigenvalue weighted by Crippen LogP contribution is -2.71. The molecular weight excluding hydrogens is 328 g/mol. The van der Waals surface area contributed by atoms with Crippen LogP contribution in [0.15, 0.2) is 30.3 Å². The number of hydrogen-bond donors (Lipinski definition) is 2. The minimum Gasteiger partial charge on any atom is -0.497 e. The molecule has 138 valence electrons. The molecule has 2 aromatic rings. The minimum atomic E-state index is -0.723. The van der Waals surface area contributed by atoms with E-state index in [1.54, 1.807) is 7.11 Å². The van der Waals surface area contributed by atoms with Gasteiger partial charge in [0, 0.05) is 29.3 Å². The first kappa shape index (κ1) is 17.2. The Morgan fingerprint density at radius 1 is 1.04 bits per heavy atom. The van der Waals surface area contributed by atoms with Gasteiger partial charge in [0.25, 0.3) is 5.91 Å². The monoisotopic (exact) mass is 354 g/mol. The van der Waals surface area contributed by atoms with Crippen LogP contribution >= 0.6 is 0 Å². The van der Waals surface area contributed by atoms with E-state index >= 15 is 0 Å². The van der Waals surface area contributed by atoms with E-state index in [0.29, 0.717) is 24.2 Å². The van der Waals surface area contributed by atoms with Gasteiger partial charge in [-0.25, -0.2) is 0 Å². The van der Waals surface area contributed by atoms with Crippen molar-refractivity contribution in [3.8, 4) is 11.5 Å². The van der Waals surface area contributed by atoms with Crippen molar-refractivity contribution in [3.63, 3.8) is 0 Å². The van der Waals surface area contributed by atoms with E-state index in [1.165, 1.54) is 0 Å². The van der Waals surface area contributed by atoms with Crippen molar-refractivity contribution in [1.82, 2.24) is 10.6 Å². The number of amides is 1. The molecule has 0 saturated carbocycles. The summed E-state index contributed by atoms with van der Waals surface area (Å²) in [5, 5.41) is 8.74. The second kappa shape index (κ2) is 5.36. The zero-order chi connectivity index (χ0) is 18.7. The number of fused-ring (bicyclic) bond motifs is 3. The number of methoxy groups -OCH3 is 1. The molecule has 0 unspecified atom stereocenters. The fourth-order valence-electron chi connectivity index (χ4n) is 4.84. The zero-order valence-corrected chi connectivity index (χ0v) is 16.0. The van der Waals surface area contributed by atoms with Gasteiger partial charge < -0.3 is 20.1 Å². The SMILES string of the molecule is COc1ccc2ccc3c(c2c1)OC1(CC(C)(C)NC(C)(C)C1)NC3=O. The molecule has 0 atom stereocenters. The number of rotatable bonds is 1. The molecule has 2 aromatic carbocycles. The fraction of sp³-hybridized carbons (Fsp3) is 0.476. The molecule has 2 aliphatic heterocycles. The largest absolute Gasteiger partial charge is 0.497 e. The number of benzene rings is 2. The molecule has 0 aromatic heterocycles. The highest BCUT2D eigenvalue weighted by atomic mass is 16.5. The van der Waals surface area contributed by atoms with Gasteiger partial charge in [0.15, 0.2) is 5.72 Å². The zero-order valence-electron chi connectivity index (χ0n) is 16.0. The molecule has 0 radical (unpaired) electrons. The molecular formula is C21H26N2O3. The number of carbonyl (C=O) groups excluding carboxylic acids is 1. The normalized spacial score (nSPS) is 22.4. The minimum absolute atomic E-state index is 0.0792. The number of hydrogen-bond acceptors (Lipinski definition) is 4. The van der Waals surface area contributed by atoms with Gasteiger partial charge in [-0.1, -0.05) is 12.1 Å². The van der Waals surface area contributed by atoms with Crippen molar-refractivity contribution >= 4 is 16.7 Å². The van der Waals surface area contributed by atoms with E-state index in [-0.39, 0.29) is 17.0 Å². The third-order valence-corrected chi connectivity index (χ3v) is 5.19. The van der Waals surface area contributed by atoms with Gasteiger partial charge in [-0.2, -0.15) is 0 Å². The summed E-state index contributed by atoms with van der Waals surface area (Å²) < 4.78 is 12.0. The molecule has 4 rings (SSSR count). The lowest BCUT2D eigenvalue weighted by molar-refractivity contribution is -0.0590. The first-order valence-electron chi connectivity index (χ1n) is 9.04. The van der Waals surface area contributed by atoms with E-state index in [4.69, 9.17) is 9.47 Å². The summed E-state index contributed by atoms with van der Waals surface area (Å²) >= 11 is 0. The topological polar surface area (TPSA) is 59.6 Å². The molecule has 1 amide bonds. The van der Waals surface area contributed by atoms with Crippen molar-refractivity contribution in [2.45, 2.75) is 57.3 Å². The van der Waals surface area contributed by atoms with Crippen molar-refractivity contribution in [3.05, 3.63) is 35.9 Å². The molecule has 2 heterocycles. The number of nitrogens with one attached hydrogen (secondary N) is 2. The highest BCUT2D eigenvalue weighted by Gasteiger charge is 2.52. The van der Waals surface area contributed by atoms with Crippen LogP contribution in [-0.4, -0.2) is 29.8 Å². The van der Waals surface area contributed by atoms with Crippen molar-refractivity contribution in [2.24, 2.45) is 0 Å². The summed E-state index contributed by atoms with van der Waals surface area (Å²) in [6.07, 6.45) is 1.38. The Balaban J connectivity index is 1.87. The van der Waals surface area contributed by atoms with E-state index in [0.717, 1.165) is 16.5 Å². The Hall–Kier alpha value is -2.27. The van der Waals surface area contributed by atoms with E-state index in [9.17, 15) is 4.79 Å². The molecule has 5 heteroatoms. The highest BCUT2D eigenvalue weighted by molar-refractivity contribution is 6.05. The molecule has 0 bridgehead atoms. The van der Waals surface area contributed by atoms with Crippen LogP contribution in [-0.2, 0) is 0 Å². The van der Waals surface area contributed by atoms with Gasteiger partial charge in [0.1, 0.15) is 11.5 Å². The number of piperidine rings is 1. The van der Waals surface area contributed by atoms with Crippen molar-refractivity contribution < 1.29 is 14.3 Å². The van der Waals surface area contributed by atoms with E-state index in [1.807, 2.05) is 30.3 Å². The van der Waals surface area contributed by atoms with Gasteiger partial charge in [-0.3, -0.25) is 4.79 Å². The lowest BCUT2D eigenvalue weighted by atomic mass is 9.76. The van der Waals surface area contributed by atoms with Crippen LogP contribution in [0, 0.1) is 0 Å². The maximum atomic E-state index is 12.9. The van der Waals surface area contributed by atoms with Crippen molar-refractivity contribution in [2.75, 3.05) is 7.11 Å². The molecule has 5 nitrogen and oxygen atoms in total. The summed E-state index contributed by atoms with van der Waals surface area (Å²) in [6, 6.07) is 9.64. The molecule has 26 heavy (non-hydrogen) atoms. The molecule has 1 fully saturated rings. The predicted octanol–water partition coefficient (Wildman–Crippen LogP) is 3.61. The van der Waals surface area contributed by atoms with Crippen molar-refractivity contribution in [1.29, 1.82) is 0 Å². The maximum Gasteiger partial charge on any atom is 0.258 e. The van der Waals surface area contributed by atoms with Crippen LogP contribution < -0.4 is 20.1 Å². The van der Waals surface area contributed by atoms with Gasteiger partial charge in [0.2, 0.25) is 0 Å². The van der Waals surface area contributed by atoms with Crippen LogP contribution in [0.5, 0.6) is 11.5 Å². The van der Waals surface area contributed by atoms with Gasteiger partial charge in [-0.05, 0) is 51.3 Å². The van der Waals surface area contributed by atoms with Crippen LogP contribution in [0.25, 0.3) is 10.8 Å². The van der Waals surface area contributed by atoms with Crippen LogP contribution in [0.1, 0.15) is 50.9 Å². The highest BCUT2D eigenvalue weighted by Crippen LogP contribution is 2.43. The quantitative estimate of drug-likeness (QED) is 0.821. The van der Waals surface area contributed by atoms with Gasteiger partial charge in [-0.15, -0.1) is 0 Å². The van der Waals surface area contributed by atoms with Crippen LogP contribution in [0.2, 0.25) is 0 Å². The molecule has 1 spiro atoms. The first-order chi connectivity index (χ1) is 12.1. The summed E-state index contributed by atoms with van der Waals surface area (Å²) in [5.41, 5.74) is -0.464. The van der Waals surface area contributed by atoms with Gasteiger partial charge >= 0.3 is 0 Å². The third kappa shape index (κ3) is 2.80. The summed E-state index contributed by atoms with van der Waals surface area (Å²) in [7, 11) is 1.64. The molecule has 2 N–H and O–H groups in total. The maximum absolute atomic E-state index is 12.9. The summed E-state index contributed by atoms with van der Waals surface area (Å²) in [4.78, 5) is 12.9. The Kier molecular flexibility index (Phi) is 3.54. The lowest BCUT2D eigenvalue weighted by Gasteiger charge is -2.53. The fourth-order valence-corrected chi connectivity index (χ4v) is 4.84. The van der Waals surface area contributed by atoms with Gasteiger partial charge in [0.05, 0.1) is 12.7 Å². The third-order valence-electron chi connectivity index (χ3n) is 5.19. The Morgan fingerprint density at radius 2 is 1.69 bits per heavy atom. The Bertz CT molecular complexity index is 886.